The number of nitrogens with two attached hydrogens (primary N) is 3. The van der Waals surface area contributed by atoms with E-state index in [-0.39, 0.29) is 12.8 Å². The van der Waals surface area contributed by atoms with Crippen LogP contribution in [0.5, 0.6) is 0 Å². The predicted octanol–water partition coefficient (Wildman–Crippen LogP) is -1.62. The maximum atomic E-state index is 9.88. The molecule has 0 aliphatic carbocycles. The van der Waals surface area contributed by atoms with Gasteiger partial charge in [-0.2, -0.15) is 0 Å². The van der Waals surface area contributed by atoms with Gasteiger partial charge in [0.15, 0.2) is 0 Å². The summed E-state index contributed by atoms with van der Waals surface area (Å²) in [6.07, 6.45) is -0.00810. The number of hydrogen-bond donors (Lipinski definition) is 4. The van der Waals surface area contributed by atoms with Crippen molar-refractivity contribution in [1.82, 2.24) is 0 Å². The minimum atomic E-state index is -1.35. The van der Waals surface area contributed by atoms with E-state index in [4.69, 9.17) is 22.3 Å². The van der Waals surface area contributed by atoms with Crippen LogP contribution in [0.1, 0.15) is 12.8 Å². The Bertz CT molecular complexity index is 107. The van der Waals surface area contributed by atoms with Gasteiger partial charge in [-0.1, -0.05) is 0 Å². The van der Waals surface area contributed by atoms with Crippen molar-refractivity contribution in [2.75, 3.05) is 0 Å². The monoisotopic (exact) mass is 133 g/mol. The number of aliphatic carboxylic acids is 1. The molecule has 54 valence electrons. The predicted molar refractivity (Wildman–Crippen MR) is 32.2 cm³/mol. The molecule has 0 atom stereocenters. The molecular weight excluding hydrogens is 122 g/mol. The topological polar surface area (TPSA) is 115 Å². The first-order chi connectivity index (χ1) is 3.92. The Morgan fingerprint density at radius 3 is 2.00 bits per heavy atom. The molecular formula is C4H11N3O2. The van der Waals surface area contributed by atoms with Crippen LogP contribution in [0.2, 0.25) is 0 Å². The van der Waals surface area contributed by atoms with Crippen molar-refractivity contribution in [2.24, 2.45) is 17.2 Å². The van der Waals surface area contributed by atoms with Gasteiger partial charge >= 0.3 is 5.97 Å². The lowest BCUT2D eigenvalue weighted by atomic mass is 10.2. The summed E-state index contributed by atoms with van der Waals surface area (Å²) in [6.45, 7) is 0. The van der Waals surface area contributed by atoms with Crippen molar-refractivity contribution in [1.29, 1.82) is 0 Å². The Balaban J connectivity index is 3.39. The molecule has 0 radical (unpaired) electrons. The molecule has 0 heterocycles. The van der Waals surface area contributed by atoms with Crippen LogP contribution >= 0.6 is 0 Å². The van der Waals surface area contributed by atoms with E-state index < -0.39 is 11.8 Å². The minimum Gasteiger partial charge on any atom is -0.481 e. The molecule has 0 aromatic carbocycles. The maximum Gasteiger partial charge on any atom is 0.303 e. The van der Waals surface area contributed by atoms with Crippen LogP contribution in [0, 0.1) is 0 Å². The Morgan fingerprint density at radius 1 is 1.44 bits per heavy atom. The summed E-state index contributed by atoms with van der Waals surface area (Å²) in [5.74, 6) is -2.29. The summed E-state index contributed by atoms with van der Waals surface area (Å²) >= 11 is 0. The average molecular weight is 133 g/mol. The first-order valence-electron chi connectivity index (χ1n) is 2.50. The van der Waals surface area contributed by atoms with E-state index in [1.165, 1.54) is 0 Å². The summed E-state index contributed by atoms with van der Waals surface area (Å²) in [5, 5.41) is 8.11. The lowest BCUT2D eigenvalue weighted by molar-refractivity contribution is -0.137. The molecule has 0 unspecified atom stereocenters. The second-order valence-electron chi connectivity index (χ2n) is 2.01. The fraction of sp³-hybridized carbons (Fsp3) is 0.750. The van der Waals surface area contributed by atoms with Crippen LogP contribution in [0.15, 0.2) is 0 Å². The molecule has 0 fully saturated rings. The third-order valence-corrected chi connectivity index (χ3v) is 0.772. The third kappa shape index (κ3) is 7.35. The smallest absolute Gasteiger partial charge is 0.303 e. The number of rotatable bonds is 3. The summed E-state index contributed by atoms with van der Waals surface area (Å²) in [5.41, 5.74) is 15.2. The highest BCUT2D eigenvalue weighted by atomic mass is 16.4. The average Bonchev–Trinajstić information content (AvgIpc) is 1.59. The summed E-state index contributed by atoms with van der Waals surface area (Å²) in [4.78, 5) is 9.88. The summed E-state index contributed by atoms with van der Waals surface area (Å²) in [6, 6.07) is 0. The van der Waals surface area contributed by atoms with Gasteiger partial charge in [-0.25, -0.2) is 0 Å². The lowest BCUT2D eigenvalue weighted by Gasteiger charge is -2.16. The van der Waals surface area contributed by atoms with E-state index in [0.29, 0.717) is 0 Å². The fourth-order valence-electron chi connectivity index (χ4n) is 0.323. The molecule has 0 aromatic heterocycles. The fourth-order valence-corrected chi connectivity index (χ4v) is 0.323. The molecule has 5 nitrogen and oxygen atoms in total. The molecule has 0 aliphatic heterocycles. The standard InChI is InChI=1S/C4H11N3O2/c5-4(6,7)2-1-3(8)9/h1-2,5-7H2,(H,8,9). The summed E-state index contributed by atoms with van der Waals surface area (Å²) in [7, 11) is 0. The molecule has 0 bridgehead atoms. The SMILES string of the molecule is NC(N)(N)CCC(=O)O. The van der Waals surface area contributed by atoms with Gasteiger partial charge in [-0.05, 0) is 0 Å². The molecule has 0 rings (SSSR count). The van der Waals surface area contributed by atoms with Gasteiger partial charge < -0.3 is 22.3 Å². The lowest BCUT2D eigenvalue weighted by Crippen LogP contribution is -2.57. The van der Waals surface area contributed by atoms with Gasteiger partial charge in [-0.3, -0.25) is 4.79 Å². The van der Waals surface area contributed by atoms with E-state index >= 15 is 0 Å². The molecule has 9 heavy (non-hydrogen) atoms. The van der Waals surface area contributed by atoms with Gasteiger partial charge in [0.25, 0.3) is 0 Å². The van der Waals surface area contributed by atoms with E-state index in [1.807, 2.05) is 0 Å². The number of carboxylic acid groups (broad SMARTS) is 1. The molecule has 0 aliphatic rings. The Morgan fingerprint density at radius 2 is 1.89 bits per heavy atom. The third-order valence-electron chi connectivity index (χ3n) is 0.772. The molecule has 0 aromatic rings. The van der Waals surface area contributed by atoms with Gasteiger partial charge in [0, 0.05) is 12.8 Å². The van der Waals surface area contributed by atoms with E-state index in [0.717, 1.165) is 0 Å². The largest absolute Gasteiger partial charge is 0.481 e. The molecule has 0 saturated carbocycles. The van der Waals surface area contributed by atoms with Crippen LogP contribution in [-0.4, -0.2) is 16.9 Å². The second kappa shape index (κ2) is 2.77. The van der Waals surface area contributed by atoms with Gasteiger partial charge in [-0.15, -0.1) is 0 Å². The molecule has 7 N–H and O–H groups in total. The zero-order valence-electron chi connectivity index (χ0n) is 5.00. The van der Waals surface area contributed by atoms with Crippen molar-refractivity contribution in [2.45, 2.75) is 18.6 Å². The normalized spacial score (nSPS) is 11.4. The van der Waals surface area contributed by atoms with E-state index in [1.54, 1.807) is 0 Å². The van der Waals surface area contributed by atoms with Crippen molar-refractivity contribution in [3.8, 4) is 0 Å². The highest BCUT2D eigenvalue weighted by Gasteiger charge is 2.12. The van der Waals surface area contributed by atoms with Gasteiger partial charge in [0.1, 0.15) is 5.79 Å². The van der Waals surface area contributed by atoms with E-state index in [2.05, 4.69) is 0 Å². The number of carbonyl (C=O) groups is 1. The van der Waals surface area contributed by atoms with Crippen molar-refractivity contribution >= 4 is 5.97 Å². The number of hydrogen-bond acceptors (Lipinski definition) is 4. The first-order valence-corrected chi connectivity index (χ1v) is 2.50. The highest BCUT2D eigenvalue weighted by Crippen LogP contribution is 1.93. The minimum absolute atomic E-state index is 0.0856. The Kier molecular flexibility index (Phi) is 2.57. The van der Waals surface area contributed by atoms with Crippen LogP contribution in [0.3, 0.4) is 0 Å². The van der Waals surface area contributed by atoms with Gasteiger partial charge in [0.05, 0.1) is 0 Å². The van der Waals surface area contributed by atoms with Crippen LogP contribution in [0.4, 0.5) is 0 Å². The quantitative estimate of drug-likeness (QED) is 0.345. The second-order valence-corrected chi connectivity index (χ2v) is 2.01. The van der Waals surface area contributed by atoms with Crippen molar-refractivity contribution in [3.05, 3.63) is 0 Å². The first kappa shape index (κ1) is 8.35. The molecule has 0 spiro atoms. The van der Waals surface area contributed by atoms with E-state index in [9.17, 15) is 4.79 Å². The zero-order valence-corrected chi connectivity index (χ0v) is 5.00. The summed E-state index contributed by atoms with van der Waals surface area (Å²) < 4.78 is 0. The maximum absolute atomic E-state index is 9.88. The van der Waals surface area contributed by atoms with Crippen LogP contribution in [0.25, 0.3) is 0 Å². The Hall–Kier alpha value is -0.650. The van der Waals surface area contributed by atoms with Crippen molar-refractivity contribution in [3.63, 3.8) is 0 Å². The van der Waals surface area contributed by atoms with Crippen molar-refractivity contribution < 1.29 is 9.90 Å². The molecule has 0 saturated heterocycles. The highest BCUT2D eigenvalue weighted by molar-refractivity contribution is 5.66. The molecule has 0 amide bonds. The van der Waals surface area contributed by atoms with Gasteiger partial charge in [0.2, 0.25) is 0 Å². The molecule has 5 heteroatoms. The van der Waals surface area contributed by atoms with Crippen LogP contribution < -0.4 is 17.2 Å². The zero-order chi connectivity index (χ0) is 7.49. The Labute approximate surface area is 52.8 Å². The van der Waals surface area contributed by atoms with Crippen LogP contribution in [-0.2, 0) is 4.79 Å². The number of carboxylic acids is 1.